The highest BCUT2D eigenvalue weighted by molar-refractivity contribution is 7.92. The number of hydrogen-bond donors (Lipinski definition) is 1. The molecule has 0 saturated carbocycles. The van der Waals surface area contributed by atoms with Crippen molar-refractivity contribution in [3.05, 3.63) is 60.2 Å². The number of hydrogen-bond acceptors (Lipinski definition) is 2. The normalized spacial score (nSPS) is 14.3. The molecular weight excluding hydrogens is 218 g/mol. The minimum atomic E-state index is -2.86. The van der Waals surface area contributed by atoms with E-state index in [1.807, 2.05) is 25.1 Å². The van der Waals surface area contributed by atoms with E-state index in [1.54, 1.807) is 36.4 Å². The average molecular weight is 231 g/mol. The van der Waals surface area contributed by atoms with E-state index in [-0.39, 0.29) is 0 Å². The molecule has 0 unspecified atom stereocenters. The van der Waals surface area contributed by atoms with Crippen molar-refractivity contribution in [2.75, 3.05) is 0 Å². The predicted molar refractivity (Wildman–Crippen MR) is 65.0 cm³/mol. The lowest BCUT2D eigenvalue weighted by Gasteiger charge is -2.07. The van der Waals surface area contributed by atoms with E-state index in [0.717, 1.165) is 5.56 Å². The Balaban J connectivity index is 2.52. The van der Waals surface area contributed by atoms with Crippen molar-refractivity contribution in [3.63, 3.8) is 0 Å². The van der Waals surface area contributed by atoms with E-state index in [9.17, 15) is 4.21 Å². The van der Waals surface area contributed by atoms with Crippen LogP contribution in [0.25, 0.3) is 0 Å². The Labute approximate surface area is 95.9 Å². The largest absolute Gasteiger partial charge is 0.245 e. The SMILES string of the molecule is Cc1ccc([S@](=N)(=O)c2ccccc2)cc1. The van der Waals surface area contributed by atoms with Gasteiger partial charge in [-0.05, 0) is 31.2 Å². The van der Waals surface area contributed by atoms with Crippen molar-refractivity contribution in [3.8, 4) is 0 Å². The summed E-state index contributed by atoms with van der Waals surface area (Å²) in [5.41, 5.74) is 1.10. The molecule has 0 aliphatic heterocycles. The molecule has 2 nitrogen and oxygen atoms in total. The first-order valence-corrected chi connectivity index (χ1v) is 6.57. The van der Waals surface area contributed by atoms with Crippen LogP contribution >= 0.6 is 0 Å². The molecule has 0 saturated heterocycles. The number of rotatable bonds is 2. The third-order valence-corrected chi connectivity index (χ3v) is 4.30. The van der Waals surface area contributed by atoms with Crippen molar-refractivity contribution in [1.82, 2.24) is 0 Å². The van der Waals surface area contributed by atoms with Gasteiger partial charge in [0.2, 0.25) is 0 Å². The molecule has 1 atom stereocenters. The van der Waals surface area contributed by atoms with Crippen LogP contribution < -0.4 is 0 Å². The van der Waals surface area contributed by atoms with Crippen LogP contribution in [0.4, 0.5) is 0 Å². The van der Waals surface area contributed by atoms with Crippen LogP contribution in [0.2, 0.25) is 0 Å². The highest BCUT2D eigenvalue weighted by Crippen LogP contribution is 2.21. The lowest BCUT2D eigenvalue weighted by molar-refractivity contribution is 0.674. The standard InChI is InChI=1S/C13H13NOS/c1-11-7-9-13(10-8-11)16(14,15)12-5-3-2-4-6-12/h2-10,14H,1H3/t16-/m1/s1. The first-order valence-electron chi connectivity index (χ1n) is 5.01. The summed E-state index contributed by atoms with van der Waals surface area (Å²) in [6.45, 7) is 1.97. The maximum atomic E-state index is 12.4. The van der Waals surface area contributed by atoms with Gasteiger partial charge in [-0.25, -0.2) is 8.99 Å². The van der Waals surface area contributed by atoms with Gasteiger partial charge in [0, 0.05) is 0 Å². The second kappa shape index (κ2) is 4.10. The first kappa shape index (κ1) is 10.9. The van der Waals surface area contributed by atoms with Gasteiger partial charge in [0.1, 0.15) is 9.73 Å². The third-order valence-electron chi connectivity index (χ3n) is 2.43. The summed E-state index contributed by atoms with van der Waals surface area (Å²) < 4.78 is 20.4. The zero-order chi connectivity index (χ0) is 11.6. The van der Waals surface area contributed by atoms with Crippen molar-refractivity contribution < 1.29 is 4.21 Å². The molecule has 2 aromatic rings. The second-order valence-corrected chi connectivity index (χ2v) is 5.74. The maximum absolute atomic E-state index is 12.4. The minimum Gasteiger partial charge on any atom is -0.245 e. The Morgan fingerprint density at radius 3 is 1.94 bits per heavy atom. The molecule has 16 heavy (non-hydrogen) atoms. The zero-order valence-corrected chi connectivity index (χ0v) is 9.83. The Bertz CT molecular complexity index is 571. The molecule has 0 heterocycles. The predicted octanol–water partition coefficient (Wildman–Crippen LogP) is 3.46. The van der Waals surface area contributed by atoms with Crippen LogP contribution in [0.15, 0.2) is 64.4 Å². The lowest BCUT2D eigenvalue weighted by Crippen LogP contribution is -1.99. The van der Waals surface area contributed by atoms with E-state index in [1.165, 1.54) is 0 Å². The van der Waals surface area contributed by atoms with E-state index in [4.69, 9.17) is 4.78 Å². The van der Waals surface area contributed by atoms with Crippen molar-refractivity contribution in [2.24, 2.45) is 0 Å². The molecule has 0 spiro atoms. The Morgan fingerprint density at radius 2 is 1.38 bits per heavy atom. The summed E-state index contributed by atoms with van der Waals surface area (Å²) in [6, 6.07) is 16.2. The van der Waals surface area contributed by atoms with Crippen LogP contribution in [0.3, 0.4) is 0 Å². The molecule has 1 N–H and O–H groups in total. The third kappa shape index (κ3) is 1.99. The molecule has 2 rings (SSSR count). The van der Waals surface area contributed by atoms with Crippen molar-refractivity contribution in [2.45, 2.75) is 16.7 Å². The van der Waals surface area contributed by atoms with E-state index in [0.29, 0.717) is 9.79 Å². The van der Waals surface area contributed by atoms with Gasteiger partial charge >= 0.3 is 0 Å². The van der Waals surface area contributed by atoms with Gasteiger partial charge < -0.3 is 0 Å². The summed E-state index contributed by atoms with van der Waals surface area (Å²) in [5, 5.41) is 0. The van der Waals surface area contributed by atoms with E-state index >= 15 is 0 Å². The molecule has 0 aromatic heterocycles. The molecule has 0 radical (unpaired) electrons. The van der Waals surface area contributed by atoms with Gasteiger partial charge in [-0.3, -0.25) is 0 Å². The summed E-state index contributed by atoms with van der Waals surface area (Å²) in [6.07, 6.45) is 0. The van der Waals surface area contributed by atoms with Gasteiger partial charge in [-0.2, -0.15) is 0 Å². The summed E-state index contributed by atoms with van der Waals surface area (Å²) in [7, 11) is -2.86. The van der Waals surface area contributed by atoms with Gasteiger partial charge in [0.25, 0.3) is 0 Å². The van der Waals surface area contributed by atoms with Gasteiger partial charge in [0.05, 0.1) is 9.79 Å². The number of benzene rings is 2. The summed E-state index contributed by atoms with van der Waals surface area (Å²) in [5.74, 6) is 0. The van der Waals surface area contributed by atoms with Crippen molar-refractivity contribution in [1.29, 1.82) is 4.78 Å². The van der Waals surface area contributed by atoms with E-state index in [2.05, 4.69) is 0 Å². The smallest absolute Gasteiger partial charge is 0.101 e. The Hall–Kier alpha value is -1.61. The van der Waals surface area contributed by atoms with Gasteiger partial charge in [0.15, 0.2) is 0 Å². The quantitative estimate of drug-likeness (QED) is 0.844. The minimum absolute atomic E-state index is 0.554. The molecule has 0 amide bonds. The maximum Gasteiger partial charge on any atom is 0.101 e. The van der Waals surface area contributed by atoms with Crippen LogP contribution in [0.5, 0.6) is 0 Å². The molecule has 0 fully saturated rings. The highest BCUT2D eigenvalue weighted by atomic mass is 32.2. The Morgan fingerprint density at radius 1 is 0.875 bits per heavy atom. The lowest BCUT2D eigenvalue weighted by atomic mass is 10.2. The van der Waals surface area contributed by atoms with Gasteiger partial charge in [-0.15, -0.1) is 0 Å². The van der Waals surface area contributed by atoms with Crippen molar-refractivity contribution >= 4 is 9.73 Å². The van der Waals surface area contributed by atoms with E-state index < -0.39 is 9.73 Å². The van der Waals surface area contributed by atoms with Gasteiger partial charge in [-0.1, -0.05) is 35.9 Å². The monoisotopic (exact) mass is 231 g/mol. The van der Waals surface area contributed by atoms with Crippen LogP contribution in [0, 0.1) is 11.7 Å². The molecule has 0 bridgehead atoms. The fourth-order valence-corrected chi connectivity index (χ4v) is 2.81. The molecule has 2 aromatic carbocycles. The average Bonchev–Trinajstić information content (AvgIpc) is 2.31. The Kier molecular flexibility index (Phi) is 2.79. The molecule has 3 heteroatoms. The summed E-state index contributed by atoms with van der Waals surface area (Å²) in [4.78, 5) is 1.11. The fourth-order valence-electron chi connectivity index (χ4n) is 1.48. The topological polar surface area (TPSA) is 40.9 Å². The molecule has 0 aliphatic carbocycles. The number of aryl methyl sites for hydroxylation is 1. The van der Waals surface area contributed by atoms with Crippen LogP contribution in [-0.2, 0) is 9.73 Å². The number of nitrogens with one attached hydrogen (secondary N) is 1. The zero-order valence-electron chi connectivity index (χ0n) is 9.01. The van der Waals surface area contributed by atoms with Crippen LogP contribution in [-0.4, -0.2) is 4.21 Å². The molecule has 82 valence electrons. The fraction of sp³-hybridized carbons (Fsp3) is 0.0769. The van der Waals surface area contributed by atoms with Crippen LogP contribution in [0.1, 0.15) is 5.56 Å². The molecule has 0 aliphatic rings. The second-order valence-electron chi connectivity index (χ2n) is 3.68. The highest BCUT2D eigenvalue weighted by Gasteiger charge is 2.11. The molecular formula is C13H13NOS. The summed E-state index contributed by atoms with van der Waals surface area (Å²) >= 11 is 0. The first-order chi connectivity index (χ1) is 7.60.